The molecule has 0 heterocycles. The van der Waals surface area contributed by atoms with Crippen molar-refractivity contribution in [3.8, 4) is 0 Å². The topological polar surface area (TPSA) is 55.4 Å². The van der Waals surface area contributed by atoms with E-state index in [1.165, 1.54) is 24.3 Å². The van der Waals surface area contributed by atoms with Crippen LogP contribution in [0.15, 0.2) is 54.6 Å². The van der Waals surface area contributed by atoms with Crippen LogP contribution in [0.3, 0.4) is 0 Å². The van der Waals surface area contributed by atoms with Crippen LogP contribution in [0.5, 0.6) is 0 Å². The molecular formula is C18H16FNO3. The Morgan fingerprint density at radius 2 is 1.96 bits per heavy atom. The summed E-state index contributed by atoms with van der Waals surface area (Å²) in [6, 6.07) is 13.4. The van der Waals surface area contributed by atoms with E-state index in [0.717, 1.165) is 5.56 Å². The summed E-state index contributed by atoms with van der Waals surface area (Å²) in [5.41, 5.74) is 1.57. The number of hydrogen-bond donors (Lipinski definition) is 1. The number of halogens is 1. The molecule has 0 aromatic heterocycles. The number of carbonyl (C=O) groups excluding carboxylic acids is 2. The van der Waals surface area contributed by atoms with Crippen LogP contribution in [0.1, 0.15) is 21.5 Å². The first-order chi connectivity index (χ1) is 11.2. The Balaban J connectivity index is 1.78. The summed E-state index contributed by atoms with van der Waals surface area (Å²) in [5.74, 6) is -0.432. The molecule has 0 saturated heterocycles. The molecule has 2 aromatic carbocycles. The van der Waals surface area contributed by atoms with Gasteiger partial charge in [0.2, 0.25) is 0 Å². The number of amides is 1. The van der Waals surface area contributed by atoms with Crippen LogP contribution >= 0.6 is 0 Å². The van der Waals surface area contributed by atoms with Gasteiger partial charge in [-0.3, -0.25) is 4.79 Å². The normalized spacial score (nSPS) is 10.5. The van der Waals surface area contributed by atoms with Crippen molar-refractivity contribution in [1.82, 2.24) is 5.32 Å². The molecule has 23 heavy (non-hydrogen) atoms. The van der Waals surface area contributed by atoms with Gasteiger partial charge < -0.3 is 10.1 Å². The van der Waals surface area contributed by atoms with E-state index in [4.69, 9.17) is 4.74 Å². The summed E-state index contributed by atoms with van der Waals surface area (Å²) >= 11 is 0. The number of ether oxygens (including phenoxy) is 1. The van der Waals surface area contributed by atoms with Gasteiger partial charge >= 0.3 is 6.09 Å². The summed E-state index contributed by atoms with van der Waals surface area (Å²) in [7, 11) is 0. The Bertz CT molecular complexity index is 699. The first-order valence-corrected chi connectivity index (χ1v) is 7.05. The number of rotatable bonds is 6. The van der Waals surface area contributed by atoms with Crippen molar-refractivity contribution in [1.29, 1.82) is 0 Å². The van der Waals surface area contributed by atoms with E-state index in [-0.39, 0.29) is 18.7 Å². The van der Waals surface area contributed by atoms with Gasteiger partial charge in [-0.15, -0.1) is 0 Å². The predicted octanol–water partition coefficient (Wildman–Crippen LogP) is 3.58. The maximum Gasteiger partial charge on any atom is 0.407 e. The van der Waals surface area contributed by atoms with Crippen molar-refractivity contribution in [2.24, 2.45) is 0 Å². The monoisotopic (exact) mass is 313 g/mol. The van der Waals surface area contributed by atoms with Gasteiger partial charge in [-0.2, -0.15) is 0 Å². The standard InChI is InChI=1S/C18H16FNO3/c19-17-9-8-15(12-21)11-16(17)7-4-10-20-18(22)23-13-14-5-2-1-3-6-14/h1-9,11-12H,10,13H2,(H,20,22). The molecule has 1 amide bonds. The molecule has 0 aliphatic rings. The Morgan fingerprint density at radius 1 is 1.17 bits per heavy atom. The van der Waals surface area contributed by atoms with Crippen LogP contribution in [0.4, 0.5) is 9.18 Å². The van der Waals surface area contributed by atoms with Gasteiger partial charge in [0.15, 0.2) is 0 Å². The molecule has 0 aliphatic carbocycles. The number of alkyl carbamates (subject to hydrolysis) is 1. The SMILES string of the molecule is O=Cc1ccc(F)c(C=CCNC(=O)OCc2ccccc2)c1. The van der Waals surface area contributed by atoms with Crippen LogP contribution in [0.2, 0.25) is 0 Å². The Morgan fingerprint density at radius 3 is 2.70 bits per heavy atom. The molecule has 5 heteroatoms. The minimum absolute atomic E-state index is 0.187. The highest BCUT2D eigenvalue weighted by molar-refractivity contribution is 5.76. The van der Waals surface area contributed by atoms with Crippen LogP contribution in [0.25, 0.3) is 6.08 Å². The fourth-order valence-electron chi connectivity index (χ4n) is 1.87. The average molecular weight is 313 g/mol. The molecule has 0 unspecified atom stereocenters. The lowest BCUT2D eigenvalue weighted by Gasteiger charge is -2.05. The summed E-state index contributed by atoms with van der Waals surface area (Å²) in [6.45, 7) is 0.380. The third kappa shape index (κ3) is 5.39. The molecule has 0 aliphatic heterocycles. The van der Waals surface area contributed by atoms with Gasteiger partial charge in [-0.25, -0.2) is 9.18 Å². The Labute approximate surface area is 133 Å². The quantitative estimate of drug-likeness (QED) is 0.829. The second-order valence-electron chi connectivity index (χ2n) is 4.74. The fourth-order valence-corrected chi connectivity index (χ4v) is 1.87. The largest absolute Gasteiger partial charge is 0.445 e. The van der Waals surface area contributed by atoms with Gasteiger partial charge in [0.05, 0.1) is 0 Å². The molecule has 0 saturated carbocycles. The number of carbonyl (C=O) groups is 2. The molecule has 4 nitrogen and oxygen atoms in total. The lowest BCUT2D eigenvalue weighted by atomic mass is 10.1. The van der Waals surface area contributed by atoms with Gasteiger partial charge in [-0.05, 0) is 23.8 Å². The average Bonchev–Trinajstić information content (AvgIpc) is 2.59. The summed E-state index contributed by atoms with van der Waals surface area (Å²) < 4.78 is 18.6. The van der Waals surface area contributed by atoms with Crippen LogP contribution in [-0.4, -0.2) is 18.9 Å². The highest BCUT2D eigenvalue weighted by Gasteiger charge is 2.02. The number of nitrogens with one attached hydrogen (secondary N) is 1. The highest BCUT2D eigenvalue weighted by atomic mass is 19.1. The first kappa shape index (κ1) is 16.4. The highest BCUT2D eigenvalue weighted by Crippen LogP contribution is 2.11. The van der Waals surface area contributed by atoms with Crippen molar-refractivity contribution < 1.29 is 18.7 Å². The fraction of sp³-hybridized carbons (Fsp3) is 0.111. The second kappa shape index (κ2) is 8.48. The Kier molecular flexibility index (Phi) is 6.06. The molecule has 0 bridgehead atoms. The van der Waals surface area contributed by atoms with E-state index in [9.17, 15) is 14.0 Å². The lowest BCUT2D eigenvalue weighted by Crippen LogP contribution is -2.24. The molecule has 2 aromatic rings. The van der Waals surface area contributed by atoms with E-state index in [2.05, 4.69) is 5.32 Å². The van der Waals surface area contributed by atoms with E-state index in [0.29, 0.717) is 11.8 Å². The minimum Gasteiger partial charge on any atom is -0.445 e. The molecular weight excluding hydrogens is 297 g/mol. The summed E-state index contributed by atoms with van der Waals surface area (Å²) in [6.07, 6.45) is 3.17. The first-order valence-electron chi connectivity index (χ1n) is 7.05. The van der Waals surface area contributed by atoms with Gasteiger partial charge in [-0.1, -0.05) is 42.5 Å². The van der Waals surface area contributed by atoms with E-state index >= 15 is 0 Å². The summed E-state index contributed by atoms with van der Waals surface area (Å²) in [5, 5.41) is 2.53. The van der Waals surface area contributed by atoms with Crippen molar-refractivity contribution >= 4 is 18.5 Å². The number of aldehydes is 1. The molecule has 118 valence electrons. The number of hydrogen-bond acceptors (Lipinski definition) is 3. The number of benzene rings is 2. The van der Waals surface area contributed by atoms with Gasteiger partial charge in [0, 0.05) is 17.7 Å². The van der Waals surface area contributed by atoms with E-state index in [1.807, 2.05) is 30.3 Å². The Hall–Kier alpha value is -2.95. The van der Waals surface area contributed by atoms with Crippen LogP contribution in [-0.2, 0) is 11.3 Å². The van der Waals surface area contributed by atoms with Crippen LogP contribution < -0.4 is 5.32 Å². The molecule has 0 atom stereocenters. The van der Waals surface area contributed by atoms with Gasteiger partial charge in [0.1, 0.15) is 18.7 Å². The van der Waals surface area contributed by atoms with Gasteiger partial charge in [0.25, 0.3) is 0 Å². The molecule has 2 rings (SSSR count). The van der Waals surface area contributed by atoms with Crippen molar-refractivity contribution in [2.75, 3.05) is 6.54 Å². The van der Waals surface area contributed by atoms with Crippen molar-refractivity contribution in [2.45, 2.75) is 6.61 Å². The zero-order chi connectivity index (χ0) is 16.5. The smallest absolute Gasteiger partial charge is 0.407 e. The molecule has 0 spiro atoms. The van der Waals surface area contributed by atoms with E-state index < -0.39 is 11.9 Å². The zero-order valence-electron chi connectivity index (χ0n) is 12.4. The van der Waals surface area contributed by atoms with Crippen molar-refractivity contribution in [3.05, 3.63) is 77.1 Å². The maximum absolute atomic E-state index is 13.5. The lowest BCUT2D eigenvalue weighted by molar-refractivity contribution is 0.112. The third-order valence-electron chi connectivity index (χ3n) is 3.03. The van der Waals surface area contributed by atoms with Crippen molar-refractivity contribution in [3.63, 3.8) is 0 Å². The second-order valence-corrected chi connectivity index (χ2v) is 4.74. The third-order valence-corrected chi connectivity index (χ3v) is 3.03. The maximum atomic E-state index is 13.5. The molecule has 0 radical (unpaired) electrons. The molecule has 0 fully saturated rings. The molecule has 1 N–H and O–H groups in total. The summed E-state index contributed by atoms with van der Waals surface area (Å²) in [4.78, 5) is 22.2. The minimum atomic E-state index is -0.555. The van der Waals surface area contributed by atoms with Crippen LogP contribution in [0, 0.1) is 5.82 Å². The van der Waals surface area contributed by atoms with E-state index in [1.54, 1.807) is 6.08 Å². The zero-order valence-corrected chi connectivity index (χ0v) is 12.4. The predicted molar refractivity (Wildman–Crippen MR) is 85.5 cm³/mol.